The Balaban J connectivity index is 4.27. The summed E-state index contributed by atoms with van der Waals surface area (Å²) < 4.78 is 5.17. The Morgan fingerprint density at radius 3 is 2.42 bits per heavy atom. The van der Waals surface area contributed by atoms with Gasteiger partial charge >= 0.3 is 0 Å². The molecule has 3 heteroatoms. The van der Waals surface area contributed by atoms with Crippen LogP contribution >= 0.6 is 0 Å². The number of rotatable bonds is 3. The molecule has 0 bridgehead atoms. The summed E-state index contributed by atoms with van der Waals surface area (Å²) in [5.41, 5.74) is 0.778. The van der Waals surface area contributed by atoms with E-state index in [-0.39, 0.29) is 0 Å². The van der Waals surface area contributed by atoms with Crippen LogP contribution in [-0.4, -0.2) is 25.2 Å². The summed E-state index contributed by atoms with van der Waals surface area (Å²) in [4.78, 5) is 8.06. The number of ether oxygens (including phenoxy) is 1. The monoisotopic (exact) mass is 168 g/mol. The van der Waals surface area contributed by atoms with Crippen molar-refractivity contribution in [3.8, 4) is 0 Å². The van der Waals surface area contributed by atoms with Gasteiger partial charge in [-0.25, -0.2) is 4.99 Å². The fraction of sp³-hybridized carbons (Fsp3) is 0.556. The highest BCUT2D eigenvalue weighted by Crippen LogP contribution is 1.97. The summed E-state index contributed by atoms with van der Waals surface area (Å²) in [5, 5.41) is 0. The first-order chi connectivity index (χ1) is 5.61. The van der Waals surface area contributed by atoms with Crippen molar-refractivity contribution in [3.05, 3.63) is 12.3 Å². The lowest BCUT2D eigenvalue weighted by molar-refractivity contribution is 0.251. The molecule has 0 saturated carbocycles. The maximum atomic E-state index is 5.17. The minimum atomic E-state index is 0.612. The van der Waals surface area contributed by atoms with Gasteiger partial charge in [-0.3, -0.25) is 4.99 Å². The molecular formula is C9H16N2O. The van der Waals surface area contributed by atoms with Crippen LogP contribution in [0.15, 0.2) is 22.3 Å². The zero-order valence-electron chi connectivity index (χ0n) is 8.22. The van der Waals surface area contributed by atoms with Gasteiger partial charge in [-0.15, -0.1) is 0 Å². The van der Waals surface area contributed by atoms with Crippen molar-refractivity contribution in [2.75, 3.05) is 13.7 Å². The van der Waals surface area contributed by atoms with Gasteiger partial charge in [-0.2, -0.15) is 0 Å². The van der Waals surface area contributed by atoms with E-state index in [1.807, 2.05) is 20.8 Å². The molecule has 12 heavy (non-hydrogen) atoms. The molecule has 3 nitrogen and oxygen atoms in total. The number of aliphatic imine (C=N–C) groups is 2. The van der Waals surface area contributed by atoms with Crippen molar-refractivity contribution in [2.45, 2.75) is 20.8 Å². The molecule has 0 aliphatic carbocycles. The summed E-state index contributed by atoms with van der Waals surface area (Å²) in [6, 6.07) is 0. The molecule has 0 spiro atoms. The van der Waals surface area contributed by atoms with Gasteiger partial charge < -0.3 is 4.74 Å². The van der Waals surface area contributed by atoms with Crippen LogP contribution in [0.5, 0.6) is 0 Å². The van der Waals surface area contributed by atoms with E-state index < -0.39 is 0 Å². The molecule has 0 N–H and O–H groups in total. The Labute approximate surface area is 73.9 Å². The highest BCUT2D eigenvalue weighted by atomic mass is 16.5. The number of hydrogen-bond donors (Lipinski definition) is 0. The minimum Gasteiger partial charge on any atom is -0.493 e. The molecule has 0 aromatic heterocycles. The lowest BCUT2D eigenvalue weighted by Gasteiger charge is -2.05. The predicted octanol–water partition coefficient (Wildman–Crippen LogP) is 2.05. The molecule has 0 fully saturated rings. The smallest absolute Gasteiger partial charge is 0.133 e. The van der Waals surface area contributed by atoms with Crippen LogP contribution in [0.3, 0.4) is 0 Å². The quantitative estimate of drug-likeness (QED) is 0.361. The minimum absolute atomic E-state index is 0.612. The SMILES string of the molecule is C=C(OCC)C(C)=NC(C)=NC. The highest BCUT2D eigenvalue weighted by molar-refractivity contribution is 6.03. The average molecular weight is 168 g/mol. The summed E-state index contributed by atoms with van der Waals surface area (Å²) >= 11 is 0. The number of allylic oxidation sites excluding steroid dienone is 1. The van der Waals surface area contributed by atoms with Crippen LogP contribution < -0.4 is 0 Å². The molecule has 68 valence electrons. The Bertz CT molecular complexity index is 217. The molecule has 0 aliphatic rings. The topological polar surface area (TPSA) is 34.0 Å². The largest absolute Gasteiger partial charge is 0.493 e. The van der Waals surface area contributed by atoms with E-state index in [2.05, 4.69) is 16.6 Å². The van der Waals surface area contributed by atoms with Crippen molar-refractivity contribution in [3.63, 3.8) is 0 Å². The van der Waals surface area contributed by atoms with Gasteiger partial charge in [0, 0.05) is 7.05 Å². The second kappa shape index (κ2) is 5.52. The molecule has 0 saturated heterocycles. The fourth-order valence-electron chi connectivity index (χ4n) is 0.634. The van der Waals surface area contributed by atoms with Crippen LogP contribution in [0.4, 0.5) is 0 Å². The van der Waals surface area contributed by atoms with E-state index >= 15 is 0 Å². The molecule has 0 unspecified atom stereocenters. The summed E-state index contributed by atoms with van der Waals surface area (Å²) in [7, 11) is 1.70. The molecule has 0 rings (SSSR count). The zero-order valence-corrected chi connectivity index (χ0v) is 8.22. The van der Waals surface area contributed by atoms with Gasteiger partial charge in [-0.1, -0.05) is 6.58 Å². The normalized spacial score (nSPS) is 13.0. The standard InChI is InChI=1S/C9H16N2O/c1-6-12-8(3)7(2)11-9(4)10-5/h3,6H2,1-2,4-5H3. The molecule has 0 aliphatic heterocycles. The van der Waals surface area contributed by atoms with E-state index in [0.29, 0.717) is 12.4 Å². The Morgan fingerprint density at radius 2 is 2.00 bits per heavy atom. The van der Waals surface area contributed by atoms with Gasteiger partial charge in [0.1, 0.15) is 11.6 Å². The zero-order chi connectivity index (χ0) is 9.56. The second-order valence-electron chi connectivity index (χ2n) is 2.32. The summed E-state index contributed by atoms with van der Waals surface area (Å²) in [6.07, 6.45) is 0. The average Bonchev–Trinajstić information content (AvgIpc) is 2.04. The van der Waals surface area contributed by atoms with E-state index in [4.69, 9.17) is 4.74 Å². The molecule has 0 aromatic rings. The van der Waals surface area contributed by atoms with Gasteiger partial charge in [0.2, 0.25) is 0 Å². The first kappa shape index (κ1) is 10.9. The van der Waals surface area contributed by atoms with Crippen LogP contribution in [0.25, 0.3) is 0 Å². The van der Waals surface area contributed by atoms with Crippen LogP contribution in [-0.2, 0) is 4.74 Å². The molecular weight excluding hydrogens is 152 g/mol. The Morgan fingerprint density at radius 1 is 1.42 bits per heavy atom. The molecule has 0 aromatic carbocycles. The second-order valence-corrected chi connectivity index (χ2v) is 2.32. The first-order valence-electron chi connectivity index (χ1n) is 3.92. The van der Waals surface area contributed by atoms with Crippen LogP contribution in [0.1, 0.15) is 20.8 Å². The van der Waals surface area contributed by atoms with Crippen molar-refractivity contribution in [1.29, 1.82) is 0 Å². The maximum Gasteiger partial charge on any atom is 0.133 e. The predicted molar refractivity (Wildman–Crippen MR) is 52.9 cm³/mol. The Hall–Kier alpha value is -1.12. The molecule has 0 heterocycles. The van der Waals surface area contributed by atoms with Crippen molar-refractivity contribution in [1.82, 2.24) is 0 Å². The summed E-state index contributed by atoms with van der Waals surface area (Å²) in [6.45, 7) is 9.95. The molecule has 0 atom stereocenters. The third-order valence-electron chi connectivity index (χ3n) is 1.38. The van der Waals surface area contributed by atoms with Crippen molar-refractivity contribution >= 4 is 11.5 Å². The number of amidine groups is 1. The van der Waals surface area contributed by atoms with Gasteiger partial charge in [0.15, 0.2) is 0 Å². The fourth-order valence-corrected chi connectivity index (χ4v) is 0.634. The van der Waals surface area contributed by atoms with Crippen molar-refractivity contribution < 1.29 is 4.74 Å². The first-order valence-corrected chi connectivity index (χ1v) is 3.92. The number of hydrogen-bond acceptors (Lipinski definition) is 2. The van der Waals surface area contributed by atoms with E-state index in [1.54, 1.807) is 7.05 Å². The van der Waals surface area contributed by atoms with Crippen molar-refractivity contribution in [2.24, 2.45) is 9.98 Å². The van der Waals surface area contributed by atoms with Crippen LogP contribution in [0.2, 0.25) is 0 Å². The lowest BCUT2D eigenvalue weighted by atomic mass is 10.3. The van der Waals surface area contributed by atoms with Gasteiger partial charge in [-0.05, 0) is 20.8 Å². The van der Waals surface area contributed by atoms with E-state index in [0.717, 1.165) is 11.5 Å². The van der Waals surface area contributed by atoms with Crippen LogP contribution in [0, 0.1) is 0 Å². The highest BCUT2D eigenvalue weighted by Gasteiger charge is 1.97. The van der Waals surface area contributed by atoms with Gasteiger partial charge in [0.05, 0.1) is 12.3 Å². The number of nitrogens with zero attached hydrogens (tertiary/aromatic N) is 2. The van der Waals surface area contributed by atoms with Gasteiger partial charge in [0.25, 0.3) is 0 Å². The Kier molecular flexibility index (Phi) is 5.00. The lowest BCUT2D eigenvalue weighted by Crippen LogP contribution is -2.03. The van der Waals surface area contributed by atoms with E-state index in [1.165, 1.54) is 0 Å². The molecule has 0 radical (unpaired) electrons. The van der Waals surface area contributed by atoms with E-state index in [9.17, 15) is 0 Å². The third-order valence-corrected chi connectivity index (χ3v) is 1.38. The maximum absolute atomic E-state index is 5.17. The molecule has 0 amide bonds. The summed E-state index contributed by atoms with van der Waals surface area (Å²) in [5.74, 6) is 1.34. The third kappa shape index (κ3) is 3.91.